The third kappa shape index (κ3) is 16.6. The number of nitrogens with one attached hydrogen (secondary N) is 1. The predicted octanol–water partition coefficient (Wildman–Crippen LogP) is -1.09. The lowest BCUT2D eigenvalue weighted by molar-refractivity contribution is -0.379. The van der Waals surface area contributed by atoms with Gasteiger partial charge in [-0.05, 0) is 38.5 Å². The van der Waals surface area contributed by atoms with Crippen LogP contribution in [0, 0.1) is 0 Å². The molecule has 0 bridgehead atoms. The minimum absolute atomic E-state index is 0.231. The standard InChI is InChI=1S/C42H75NO18/c1-3-5-7-9-10-11-12-13-14-16-18-20-30(48)43-25(26(47)19-17-15-8-6-4-2)24-56-40-36(54)33(51)38(28(22-45)58-40)61-42-37(55)34(52)39(29(23-46)59-42)60-41-35(53)32(50)31(49)27(21-44)57-41/h9-10,17,19,25-29,31-42,44-47,49-55H,3-8,11-16,18,20-24H2,1-2H3,(H,43,48)/b10-9-,19-17+. The maximum absolute atomic E-state index is 13.0. The Hall–Kier alpha value is -1.73. The monoisotopic (exact) mass is 881 g/mol. The molecule has 0 aromatic heterocycles. The quantitative estimate of drug-likeness (QED) is 0.0328. The third-order valence-corrected chi connectivity index (χ3v) is 11.2. The molecule has 3 aliphatic rings. The van der Waals surface area contributed by atoms with E-state index in [0.29, 0.717) is 6.42 Å². The number of allylic oxidation sites excluding steroid dienone is 3. The molecule has 3 fully saturated rings. The van der Waals surface area contributed by atoms with Crippen molar-refractivity contribution in [1.82, 2.24) is 5.32 Å². The second-order valence-corrected chi connectivity index (χ2v) is 16.2. The van der Waals surface area contributed by atoms with Crippen molar-refractivity contribution in [3.05, 3.63) is 24.3 Å². The second kappa shape index (κ2) is 28.9. The van der Waals surface area contributed by atoms with Gasteiger partial charge in [-0.2, -0.15) is 0 Å². The van der Waals surface area contributed by atoms with Crippen LogP contribution in [0.4, 0.5) is 0 Å². The van der Waals surface area contributed by atoms with Gasteiger partial charge in [-0.1, -0.05) is 83.1 Å². The molecular formula is C42H75NO18. The number of amides is 1. The summed E-state index contributed by atoms with van der Waals surface area (Å²) >= 11 is 0. The number of unbranched alkanes of at least 4 members (excludes halogenated alkanes) is 10. The van der Waals surface area contributed by atoms with Crippen molar-refractivity contribution in [2.75, 3.05) is 26.4 Å². The number of hydrogen-bond acceptors (Lipinski definition) is 18. The summed E-state index contributed by atoms with van der Waals surface area (Å²) in [5.41, 5.74) is 0. The van der Waals surface area contributed by atoms with Gasteiger partial charge in [0, 0.05) is 6.42 Å². The van der Waals surface area contributed by atoms with Gasteiger partial charge in [0.15, 0.2) is 18.9 Å². The molecule has 1 amide bonds. The minimum Gasteiger partial charge on any atom is -0.394 e. The summed E-state index contributed by atoms with van der Waals surface area (Å²) < 4.78 is 33.8. The van der Waals surface area contributed by atoms with Crippen LogP contribution in [0.3, 0.4) is 0 Å². The number of hydrogen-bond donors (Lipinski definition) is 12. The fraction of sp³-hybridized carbons (Fsp3) is 0.881. The van der Waals surface area contributed by atoms with Gasteiger partial charge in [-0.3, -0.25) is 4.79 Å². The number of rotatable bonds is 28. The Bertz CT molecular complexity index is 1240. The molecule has 0 aromatic carbocycles. The number of aliphatic hydroxyl groups excluding tert-OH is 11. The van der Waals surface area contributed by atoms with Crippen molar-refractivity contribution in [2.45, 2.75) is 208 Å². The molecule has 61 heavy (non-hydrogen) atoms. The van der Waals surface area contributed by atoms with Crippen LogP contribution in [0.2, 0.25) is 0 Å². The van der Waals surface area contributed by atoms with Gasteiger partial charge in [0.05, 0.1) is 38.6 Å². The van der Waals surface area contributed by atoms with Crippen molar-refractivity contribution in [1.29, 1.82) is 0 Å². The topological polar surface area (TPSA) is 307 Å². The molecule has 3 heterocycles. The number of carbonyl (C=O) groups excluding carboxylic acids is 1. The summed E-state index contributed by atoms with van der Waals surface area (Å²) in [6.07, 6.45) is -5.79. The van der Waals surface area contributed by atoms with Crippen molar-refractivity contribution in [2.24, 2.45) is 0 Å². The zero-order valence-electron chi connectivity index (χ0n) is 35.6. The summed E-state index contributed by atoms with van der Waals surface area (Å²) in [4.78, 5) is 13.0. The van der Waals surface area contributed by atoms with Crippen LogP contribution in [0.15, 0.2) is 24.3 Å². The third-order valence-electron chi connectivity index (χ3n) is 11.2. The highest BCUT2D eigenvalue weighted by molar-refractivity contribution is 5.76. The summed E-state index contributed by atoms with van der Waals surface area (Å²) in [5, 5.41) is 119. The molecule has 356 valence electrons. The van der Waals surface area contributed by atoms with E-state index in [9.17, 15) is 61.0 Å². The molecule has 17 unspecified atom stereocenters. The summed E-state index contributed by atoms with van der Waals surface area (Å²) in [7, 11) is 0. The number of carbonyl (C=O) groups is 1. The minimum atomic E-state index is -1.97. The lowest BCUT2D eigenvalue weighted by atomic mass is 9.96. The maximum Gasteiger partial charge on any atom is 0.220 e. The van der Waals surface area contributed by atoms with E-state index in [-0.39, 0.29) is 18.9 Å². The highest BCUT2D eigenvalue weighted by Gasteiger charge is 2.53. The van der Waals surface area contributed by atoms with Crippen LogP contribution in [-0.4, -0.2) is 193 Å². The van der Waals surface area contributed by atoms with E-state index in [0.717, 1.165) is 64.2 Å². The summed E-state index contributed by atoms with van der Waals surface area (Å²) in [6.45, 7) is 1.47. The van der Waals surface area contributed by atoms with E-state index in [4.69, 9.17) is 28.4 Å². The zero-order chi connectivity index (χ0) is 44.9. The van der Waals surface area contributed by atoms with E-state index < -0.39 is 124 Å². The molecule has 0 saturated carbocycles. The van der Waals surface area contributed by atoms with Gasteiger partial charge in [-0.25, -0.2) is 0 Å². The summed E-state index contributed by atoms with van der Waals surface area (Å²) in [6, 6.07) is -0.968. The number of ether oxygens (including phenoxy) is 6. The van der Waals surface area contributed by atoms with Gasteiger partial charge < -0.3 is 89.9 Å². The molecule has 3 saturated heterocycles. The average Bonchev–Trinajstić information content (AvgIpc) is 3.25. The first-order valence-electron chi connectivity index (χ1n) is 22.1. The van der Waals surface area contributed by atoms with Gasteiger partial charge >= 0.3 is 0 Å². The van der Waals surface area contributed by atoms with Crippen LogP contribution >= 0.6 is 0 Å². The van der Waals surface area contributed by atoms with Crippen molar-refractivity contribution >= 4 is 5.91 Å². The Morgan fingerprint density at radius 2 is 1.05 bits per heavy atom. The van der Waals surface area contributed by atoms with Crippen molar-refractivity contribution in [3.63, 3.8) is 0 Å². The van der Waals surface area contributed by atoms with Crippen LogP contribution in [0.1, 0.15) is 104 Å². The molecule has 0 aliphatic carbocycles. The lowest BCUT2D eigenvalue weighted by Crippen LogP contribution is -2.66. The second-order valence-electron chi connectivity index (χ2n) is 16.2. The Labute approximate surface area is 358 Å². The van der Waals surface area contributed by atoms with E-state index in [1.807, 2.05) is 6.08 Å². The van der Waals surface area contributed by atoms with Gasteiger partial charge in [0.2, 0.25) is 5.91 Å². The SMILES string of the molecule is CCCC/C=C\CCCCCCCC(=O)NC(COC1OC(CO)C(OC2OC(CO)C(OC3OC(CO)C(O)C(O)C3O)C(O)C2O)C(O)C1O)C(O)/C=C/CCCCC. The van der Waals surface area contributed by atoms with Crippen LogP contribution in [0.5, 0.6) is 0 Å². The smallest absolute Gasteiger partial charge is 0.220 e. The van der Waals surface area contributed by atoms with Crippen LogP contribution in [0.25, 0.3) is 0 Å². The first-order valence-corrected chi connectivity index (χ1v) is 22.1. The fourth-order valence-electron chi connectivity index (χ4n) is 7.40. The highest BCUT2D eigenvalue weighted by Crippen LogP contribution is 2.33. The maximum atomic E-state index is 13.0. The van der Waals surface area contributed by atoms with Crippen molar-refractivity contribution in [3.8, 4) is 0 Å². The van der Waals surface area contributed by atoms with E-state index in [1.165, 1.54) is 12.8 Å². The van der Waals surface area contributed by atoms with Gasteiger partial charge in [0.25, 0.3) is 0 Å². The Morgan fingerprint density at radius 3 is 1.64 bits per heavy atom. The Morgan fingerprint density at radius 1 is 0.574 bits per heavy atom. The summed E-state index contributed by atoms with van der Waals surface area (Å²) in [5.74, 6) is -0.298. The highest BCUT2D eigenvalue weighted by atomic mass is 16.8. The van der Waals surface area contributed by atoms with Crippen LogP contribution < -0.4 is 5.32 Å². The first-order chi connectivity index (χ1) is 29.3. The lowest BCUT2D eigenvalue weighted by Gasteiger charge is -2.48. The fourth-order valence-corrected chi connectivity index (χ4v) is 7.40. The largest absolute Gasteiger partial charge is 0.394 e. The predicted molar refractivity (Wildman–Crippen MR) is 217 cm³/mol. The number of aliphatic hydroxyl groups is 11. The molecule has 3 aliphatic heterocycles. The molecule has 3 rings (SSSR count). The zero-order valence-corrected chi connectivity index (χ0v) is 35.6. The molecule has 17 atom stereocenters. The molecule has 0 spiro atoms. The van der Waals surface area contributed by atoms with Crippen molar-refractivity contribution < 1.29 is 89.4 Å². The molecule has 0 radical (unpaired) electrons. The Balaban J connectivity index is 1.59. The van der Waals surface area contributed by atoms with E-state index >= 15 is 0 Å². The molecule has 19 heteroatoms. The van der Waals surface area contributed by atoms with Crippen LogP contribution in [-0.2, 0) is 33.2 Å². The molecule has 19 nitrogen and oxygen atoms in total. The molecule has 0 aromatic rings. The van der Waals surface area contributed by atoms with Gasteiger partial charge in [0.1, 0.15) is 73.2 Å². The van der Waals surface area contributed by atoms with E-state index in [2.05, 4.69) is 31.3 Å². The van der Waals surface area contributed by atoms with Gasteiger partial charge in [-0.15, -0.1) is 0 Å². The normalized spacial score (nSPS) is 35.8. The molecular weight excluding hydrogens is 806 g/mol. The average molecular weight is 882 g/mol. The Kier molecular flexibility index (Phi) is 25.4. The first kappa shape index (κ1) is 53.6. The molecule has 12 N–H and O–H groups in total. The van der Waals surface area contributed by atoms with E-state index in [1.54, 1.807) is 6.08 Å².